The number of carbonyl (C=O) groups is 2. The van der Waals surface area contributed by atoms with Gasteiger partial charge in [-0.05, 0) is 37.5 Å². The van der Waals surface area contributed by atoms with Crippen LogP contribution in [0.5, 0.6) is 0 Å². The molecule has 0 aliphatic carbocycles. The Bertz CT molecular complexity index is 620. The summed E-state index contributed by atoms with van der Waals surface area (Å²) >= 11 is 0. The van der Waals surface area contributed by atoms with Crippen molar-refractivity contribution in [1.29, 1.82) is 0 Å². The first-order valence-electron chi connectivity index (χ1n) is 6.83. The normalized spacial score (nSPS) is 21.2. The molecule has 2 rings (SSSR count). The van der Waals surface area contributed by atoms with Crippen molar-refractivity contribution in [1.82, 2.24) is 4.90 Å². The second-order valence-electron chi connectivity index (χ2n) is 5.41. The molecule has 22 heavy (non-hydrogen) atoms. The zero-order valence-corrected chi connectivity index (χ0v) is 12.4. The molecule has 5 nitrogen and oxygen atoms in total. The standard InChI is InChI=1S/C15H17F2NO4/c1-9-6-12(17)10(7-11(9)16)13(19)18-5-3-4-15(18,8-22-2)14(20)21/h6-7H,3-5,8H2,1-2H3,(H,20,21). The van der Waals surface area contributed by atoms with Gasteiger partial charge in [-0.15, -0.1) is 0 Å². The zero-order valence-electron chi connectivity index (χ0n) is 12.4. The first-order chi connectivity index (χ1) is 10.3. The van der Waals surface area contributed by atoms with Gasteiger partial charge in [-0.1, -0.05) is 0 Å². The van der Waals surface area contributed by atoms with Crippen molar-refractivity contribution < 1.29 is 28.2 Å². The number of aryl methyl sites for hydroxylation is 1. The molecule has 1 unspecified atom stereocenters. The number of likely N-dealkylation sites (tertiary alicyclic amines) is 1. The lowest BCUT2D eigenvalue weighted by atomic mass is 9.96. The summed E-state index contributed by atoms with van der Waals surface area (Å²) in [7, 11) is 1.33. The molecule has 7 heteroatoms. The molecular formula is C15H17F2NO4. The van der Waals surface area contributed by atoms with Crippen molar-refractivity contribution >= 4 is 11.9 Å². The molecule has 0 bridgehead atoms. The van der Waals surface area contributed by atoms with Crippen LogP contribution in [0.25, 0.3) is 0 Å². The number of carboxylic acids is 1. The lowest BCUT2D eigenvalue weighted by molar-refractivity contribution is -0.151. The van der Waals surface area contributed by atoms with Gasteiger partial charge in [0.15, 0.2) is 5.54 Å². The van der Waals surface area contributed by atoms with E-state index in [1.54, 1.807) is 0 Å². The number of methoxy groups -OCH3 is 1. The second kappa shape index (κ2) is 6.00. The maximum Gasteiger partial charge on any atom is 0.332 e. The Labute approximate surface area is 126 Å². The average Bonchev–Trinajstić information content (AvgIpc) is 2.87. The topological polar surface area (TPSA) is 66.8 Å². The van der Waals surface area contributed by atoms with Crippen LogP contribution in [0.15, 0.2) is 12.1 Å². The number of carboxylic acid groups (broad SMARTS) is 1. The molecule has 1 aliphatic heterocycles. The van der Waals surface area contributed by atoms with E-state index < -0.39 is 34.6 Å². The molecule has 1 aliphatic rings. The summed E-state index contributed by atoms with van der Waals surface area (Å²) in [6, 6.07) is 1.74. The molecule has 0 radical (unpaired) electrons. The molecule has 1 aromatic rings. The summed E-state index contributed by atoms with van der Waals surface area (Å²) in [5.74, 6) is -3.63. The van der Waals surface area contributed by atoms with E-state index in [2.05, 4.69) is 0 Å². The highest BCUT2D eigenvalue weighted by Gasteiger charge is 2.50. The number of ether oxygens (including phenoxy) is 1. The molecule has 0 saturated carbocycles. The number of halogens is 2. The Morgan fingerprint density at radius 1 is 1.36 bits per heavy atom. The van der Waals surface area contributed by atoms with Crippen molar-refractivity contribution in [3.63, 3.8) is 0 Å². The Kier molecular flexibility index (Phi) is 4.46. The van der Waals surface area contributed by atoms with Gasteiger partial charge in [-0.2, -0.15) is 0 Å². The van der Waals surface area contributed by atoms with Crippen molar-refractivity contribution in [3.05, 3.63) is 34.9 Å². The molecule has 1 heterocycles. The van der Waals surface area contributed by atoms with Crippen LogP contribution in [0.2, 0.25) is 0 Å². The Morgan fingerprint density at radius 2 is 2.05 bits per heavy atom. The fourth-order valence-electron chi connectivity index (χ4n) is 2.80. The quantitative estimate of drug-likeness (QED) is 0.923. The van der Waals surface area contributed by atoms with E-state index in [-0.39, 0.29) is 25.1 Å². The maximum absolute atomic E-state index is 14.0. The van der Waals surface area contributed by atoms with Crippen LogP contribution in [0, 0.1) is 18.6 Å². The third kappa shape index (κ3) is 2.56. The van der Waals surface area contributed by atoms with Crippen LogP contribution >= 0.6 is 0 Å². The summed E-state index contributed by atoms with van der Waals surface area (Å²) in [4.78, 5) is 25.2. The van der Waals surface area contributed by atoms with Crippen molar-refractivity contribution in [3.8, 4) is 0 Å². The zero-order chi connectivity index (χ0) is 16.5. The smallest absolute Gasteiger partial charge is 0.332 e. The Hall–Kier alpha value is -2.02. The molecule has 1 fully saturated rings. The molecule has 0 spiro atoms. The predicted molar refractivity (Wildman–Crippen MR) is 73.6 cm³/mol. The van der Waals surface area contributed by atoms with Crippen molar-refractivity contribution in [2.24, 2.45) is 0 Å². The van der Waals surface area contributed by atoms with E-state index in [4.69, 9.17) is 4.74 Å². The molecule has 1 N–H and O–H groups in total. The van der Waals surface area contributed by atoms with Crippen LogP contribution in [0.4, 0.5) is 8.78 Å². The van der Waals surface area contributed by atoms with E-state index in [1.807, 2.05) is 0 Å². The second-order valence-corrected chi connectivity index (χ2v) is 5.41. The number of rotatable bonds is 4. The van der Waals surface area contributed by atoms with Gasteiger partial charge >= 0.3 is 5.97 Å². The van der Waals surface area contributed by atoms with Gasteiger partial charge in [0.2, 0.25) is 0 Å². The minimum absolute atomic E-state index is 0.0804. The molecule has 1 aromatic carbocycles. The molecular weight excluding hydrogens is 296 g/mol. The number of aliphatic carboxylic acids is 1. The van der Waals surface area contributed by atoms with E-state index >= 15 is 0 Å². The Morgan fingerprint density at radius 3 is 2.64 bits per heavy atom. The average molecular weight is 313 g/mol. The third-order valence-electron chi connectivity index (χ3n) is 3.99. The largest absolute Gasteiger partial charge is 0.479 e. The van der Waals surface area contributed by atoms with Crippen LogP contribution in [0.1, 0.15) is 28.8 Å². The van der Waals surface area contributed by atoms with Gasteiger partial charge in [0.25, 0.3) is 5.91 Å². The number of hydrogen-bond donors (Lipinski definition) is 1. The van der Waals surface area contributed by atoms with E-state index in [0.717, 1.165) is 17.0 Å². The fourth-order valence-corrected chi connectivity index (χ4v) is 2.80. The van der Waals surface area contributed by atoms with Gasteiger partial charge in [-0.3, -0.25) is 4.79 Å². The van der Waals surface area contributed by atoms with E-state index in [0.29, 0.717) is 6.42 Å². The SMILES string of the molecule is COCC1(C(=O)O)CCCN1C(=O)c1cc(F)c(C)cc1F. The molecule has 0 aromatic heterocycles. The lowest BCUT2D eigenvalue weighted by Crippen LogP contribution is -2.56. The highest BCUT2D eigenvalue weighted by molar-refractivity contribution is 5.98. The van der Waals surface area contributed by atoms with Gasteiger partial charge in [0, 0.05) is 13.7 Å². The monoisotopic (exact) mass is 313 g/mol. The minimum Gasteiger partial charge on any atom is -0.479 e. The number of benzene rings is 1. The maximum atomic E-state index is 14.0. The van der Waals surface area contributed by atoms with Crippen molar-refractivity contribution in [2.75, 3.05) is 20.3 Å². The number of carbonyl (C=O) groups excluding carboxylic acids is 1. The summed E-state index contributed by atoms with van der Waals surface area (Å²) in [6.07, 6.45) is 0.662. The van der Waals surface area contributed by atoms with Crippen LogP contribution in [-0.2, 0) is 9.53 Å². The van der Waals surface area contributed by atoms with Crippen LogP contribution < -0.4 is 0 Å². The van der Waals surface area contributed by atoms with E-state index in [9.17, 15) is 23.5 Å². The minimum atomic E-state index is -1.54. The van der Waals surface area contributed by atoms with Crippen LogP contribution in [0.3, 0.4) is 0 Å². The fraction of sp³-hybridized carbons (Fsp3) is 0.467. The van der Waals surface area contributed by atoms with Crippen molar-refractivity contribution in [2.45, 2.75) is 25.3 Å². The van der Waals surface area contributed by atoms with Gasteiger partial charge in [-0.25, -0.2) is 13.6 Å². The predicted octanol–water partition coefficient (Wildman–Crippen LogP) is 1.98. The number of hydrogen-bond acceptors (Lipinski definition) is 3. The summed E-state index contributed by atoms with van der Waals surface area (Å²) < 4.78 is 32.5. The van der Waals surface area contributed by atoms with Gasteiger partial charge in [0.1, 0.15) is 11.6 Å². The highest BCUT2D eigenvalue weighted by Crippen LogP contribution is 2.32. The number of amides is 1. The third-order valence-corrected chi connectivity index (χ3v) is 3.99. The summed E-state index contributed by atoms with van der Waals surface area (Å²) in [6.45, 7) is 1.34. The van der Waals surface area contributed by atoms with Crippen LogP contribution in [-0.4, -0.2) is 47.7 Å². The van der Waals surface area contributed by atoms with Gasteiger partial charge < -0.3 is 14.7 Å². The first-order valence-corrected chi connectivity index (χ1v) is 6.83. The molecule has 1 atom stereocenters. The Balaban J connectivity index is 2.44. The first kappa shape index (κ1) is 16.4. The number of nitrogens with zero attached hydrogens (tertiary/aromatic N) is 1. The van der Waals surface area contributed by atoms with E-state index in [1.165, 1.54) is 14.0 Å². The molecule has 1 saturated heterocycles. The molecule has 1 amide bonds. The molecule has 120 valence electrons. The lowest BCUT2D eigenvalue weighted by Gasteiger charge is -2.34. The van der Waals surface area contributed by atoms with Gasteiger partial charge in [0.05, 0.1) is 12.2 Å². The summed E-state index contributed by atoms with van der Waals surface area (Å²) in [5, 5.41) is 9.49. The highest BCUT2D eigenvalue weighted by atomic mass is 19.1. The summed E-state index contributed by atoms with van der Waals surface area (Å²) in [5.41, 5.74) is -1.93.